The van der Waals surface area contributed by atoms with E-state index >= 15 is 4.39 Å². The highest BCUT2D eigenvalue weighted by molar-refractivity contribution is 5.84. The third-order valence-electron chi connectivity index (χ3n) is 7.55. The Hall–Kier alpha value is -2.63. The Morgan fingerprint density at radius 2 is 1.44 bits per heavy atom. The molecular weight excluding hydrogens is 471 g/mol. The van der Waals surface area contributed by atoms with E-state index in [0.717, 1.165) is 35.8 Å². The van der Waals surface area contributed by atoms with Gasteiger partial charge in [-0.15, -0.1) is 0 Å². The van der Waals surface area contributed by atoms with E-state index < -0.39 is 24.0 Å². The molecule has 0 amide bonds. The molecule has 0 atom stereocenters. The van der Waals surface area contributed by atoms with Gasteiger partial charge in [0, 0.05) is 5.39 Å². The van der Waals surface area contributed by atoms with E-state index in [2.05, 4.69) is 17.7 Å². The van der Waals surface area contributed by atoms with Gasteiger partial charge in [0.2, 0.25) is 0 Å². The normalized spacial score (nSPS) is 18.2. The van der Waals surface area contributed by atoms with Crippen LogP contribution < -0.4 is 4.74 Å². The van der Waals surface area contributed by atoms with Crippen molar-refractivity contribution in [3.05, 3.63) is 76.6 Å². The van der Waals surface area contributed by atoms with Crippen molar-refractivity contribution in [2.45, 2.75) is 77.7 Å². The molecule has 1 fully saturated rings. The number of rotatable bonds is 10. The minimum atomic E-state index is -3.32. The Morgan fingerprint density at radius 3 is 2.08 bits per heavy atom. The van der Waals surface area contributed by atoms with Gasteiger partial charge in [-0.05, 0) is 71.7 Å². The number of halogens is 5. The summed E-state index contributed by atoms with van der Waals surface area (Å²) in [6.45, 7) is -1.06. The second-order valence-electron chi connectivity index (χ2n) is 10.1. The Balaban J connectivity index is 1.37. The summed E-state index contributed by atoms with van der Waals surface area (Å²) in [5.74, 6) is -2.17. The van der Waals surface area contributed by atoms with Gasteiger partial charge in [-0.2, -0.15) is 8.78 Å². The third-order valence-corrected chi connectivity index (χ3v) is 7.55. The molecule has 1 aliphatic carbocycles. The summed E-state index contributed by atoms with van der Waals surface area (Å²) < 4.78 is 71.7. The van der Waals surface area contributed by atoms with Crippen LogP contribution >= 0.6 is 0 Å². The van der Waals surface area contributed by atoms with Gasteiger partial charge in [-0.25, -0.2) is 13.2 Å². The van der Waals surface area contributed by atoms with Crippen molar-refractivity contribution >= 4 is 10.8 Å². The first-order chi connectivity index (χ1) is 17.3. The standard InChI is InChI=1S/C30H33F5O/c1-2-3-19-4-6-20(7-5-19)8-9-21-11-15-25-24(16-21)14-13-23(28(25)33)12-10-22-17-26(31)29(27(32)18-22)36-30(34)35/h11,13-20,30H,2-10,12H2,1H3. The highest BCUT2D eigenvalue weighted by Crippen LogP contribution is 2.34. The highest BCUT2D eigenvalue weighted by atomic mass is 19.3. The third kappa shape index (κ3) is 6.57. The van der Waals surface area contributed by atoms with E-state index in [1.807, 2.05) is 18.2 Å². The number of benzene rings is 3. The molecule has 194 valence electrons. The number of aryl methyl sites for hydroxylation is 3. The van der Waals surface area contributed by atoms with Crippen LogP contribution in [0.1, 0.15) is 68.6 Å². The SMILES string of the molecule is CCCC1CCC(CCc2ccc3c(F)c(CCc4cc(F)c(OC(F)F)c(F)c4)ccc3c2)CC1. The quantitative estimate of drug-likeness (QED) is 0.250. The summed E-state index contributed by atoms with van der Waals surface area (Å²) in [6, 6.07) is 11.3. The van der Waals surface area contributed by atoms with Gasteiger partial charge < -0.3 is 4.74 Å². The van der Waals surface area contributed by atoms with Crippen LogP contribution in [0.25, 0.3) is 10.8 Å². The van der Waals surface area contributed by atoms with Crippen molar-refractivity contribution in [3.8, 4) is 5.75 Å². The maximum Gasteiger partial charge on any atom is 0.387 e. The fourth-order valence-electron chi connectivity index (χ4n) is 5.56. The van der Waals surface area contributed by atoms with Crippen molar-refractivity contribution in [2.24, 2.45) is 11.8 Å². The van der Waals surface area contributed by atoms with Gasteiger partial charge in [-0.3, -0.25) is 0 Å². The Labute approximate surface area is 209 Å². The van der Waals surface area contributed by atoms with E-state index in [1.165, 1.54) is 50.5 Å². The van der Waals surface area contributed by atoms with Crippen molar-refractivity contribution in [1.82, 2.24) is 0 Å². The number of ether oxygens (including phenoxy) is 1. The van der Waals surface area contributed by atoms with Gasteiger partial charge in [0.15, 0.2) is 17.4 Å². The van der Waals surface area contributed by atoms with Crippen LogP contribution in [0.4, 0.5) is 22.0 Å². The lowest BCUT2D eigenvalue weighted by molar-refractivity contribution is -0.0546. The molecule has 0 bridgehead atoms. The summed E-state index contributed by atoms with van der Waals surface area (Å²) in [4.78, 5) is 0. The number of hydrogen-bond acceptors (Lipinski definition) is 1. The molecule has 0 saturated heterocycles. The van der Waals surface area contributed by atoms with Crippen LogP contribution in [0.15, 0.2) is 42.5 Å². The molecule has 3 aromatic carbocycles. The molecule has 1 aliphatic rings. The maximum absolute atomic E-state index is 15.2. The molecule has 3 aromatic rings. The number of fused-ring (bicyclic) bond motifs is 1. The topological polar surface area (TPSA) is 9.23 Å². The van der Waals surface area contributed by atoms with E-state index in [0.29, 0.717) is 10.9 Å². The number of hydrogen-bond donors (Lipinski definition) is 0. The summed E-state index contributed by atoms with van der Waals surface area (Å²) in [5.41, 5.74) is 1.89. The van der Waals surface area contributed by atoms with E-state index in [-0.39, 0.29) is 24.2 Å². The van der Waals surface area contributed by atoms with E-state index in [1.54, 1.807) is 6.07 Å². The molecule has 0 radical (unpaired) electrons. The lowest BCUT2D eigenvalue weighted by Crippen LogP contribution is -2.15. The largest absolute Gasteiger partial charge is 0.429 e. The predicted octanol–water partition coefficient (Wildman–Crippen LogP) is 9.18. The molecule has 0 aliphatic heterocycles. The molecule has 36 heavy (non-hydrogen) atoms. The van der Waals surface area contributed by atoms with Crippen molar-refractivity contribution in [2.75, 3.05) is 0 Å². The zero-order chi connectivity index (χ0) is 25.7. The van der Waals surface area contributed by atoms with Crippen LogP contribution in [-0.2, 0) is 19.3 Å². The minimum Gasteiger partial charge on any atom is -0.429 e. The summed E-state index contributed by atoms with van der Waals surface area (Å²) in [6.07, 6.45) is 10.5. The van der Waals surface area contributed by atoms with Crippen LogP contribution in [0.3, 0.4) is 0 Å². The molecule has 0 heterocycles. The average molecular weight is 505 g/mol. The smallest absolute Gasteiger partial charge is 0.387 e. The Kier molecular flexibility index (Phi) is 8.86. The first-order valence-electron chi connectivity index (χ1n) is 13.0. The monoisotopic (exact) mass is 504 g/mol. The van der Waals surface area contributed by atoms with Crippen molar-refractivity contribution < 1.29 is 26.7 Å². The first-order valence-corrected chi connectivity index (χ1v) is 13.0. The van der Waals surface area contributed by atoms with Gasteiger partial charge in [0.1, 0.15) is 5.82 Å². The van der Waals surface area contributed by atoms with E-state index in [9.17, 15) is 17.6 Å². The van der Waals surface area contributed by atoms with Gasteiger partial charge in [0.05, 0.1) is 0 Å². The van der Waals surface area contributed by atoms with Crippen LogP contribution in [0.2, 0.25) is 0 Å². The molecule has 0 unspecified atom stereocenters. The summed E-state index contributed by atoms with van der Waals surface area (Å²) in [7, 11) is 0. The fraction of sp³-hybridized carbons (Fsp3) is 0.467. The average Bonchev–Trinajstić information content (AvgIpc) is 2.85. The van der Waals surface area contributed by atoms with Crippen LogP contribution in [0, 0.1) is 29.3 Å². The Bertz CT molecular complexity index is 1140. The first kappa shape index (κ1) is 26.4. The van der Waals surface area contributed by atoms with Gasteiger partial charge >= 0.3 is 6.61 Å². The molecule has 0 aromatic heterocycles. The van der Waals surface area contributed by atoms with E-state index in [4.69, 9.17) is 0 Å². The highest BCUT2D eigenvalue weighted by Gasteiger charge is 2.21. The fourth-order valence-corrected chi connectivity index (χ4v) is 5.56. The summed E-state index contributed by atoms with van der Waals surface area (Å²) >= 11 is 0. The maximum atomic E-state index is 15.2. The minimum absolute atomic E-state index is 0.157. The van der Waals surface area contributed by atoms with Gasteiger partial charge in [0.25, 0.3) is 0 Å². The predicted molar refractivity (Wildman–Crippen MR) is 133 cm³/mol. The second kappa shape index (κ2) is 12.1. The molecule has 4 rings (SSSR count). The lowest BCUT2D eigenvalue weighted by Gasteiger charge is -2.28. The lowest BCUT2D eigenvalue weighted by atomic mass is 9.78. The molecule has 1 saturated carbocycles. The van der Waals surface area contributed by atoms with Gasteiger partial charge in [-0.1, -0.05) is 75.8 Å². The summed E-state index contributed by atoms with van der Waals surface area (Å²) in [5, 5.41) is 1.36. The van der Waals surface area contributed by atoms with Crippen molar-refractivity contribution in [3.63, 3.8) is 0 Å². The molecule has 1 nitrogen and oxygen atoms in total. The molecule has 0 spiro atoms. The second-order valence-corrected chi connectivity index (χ2v) is 10.1. The zero-order valence-corrected chi connectivity index (χ0v) is 20.6. The Morgan fingerprint density at radius 1 is 0.778 bits per heavy atom. The molecule has 0 N–H and O–H groups in total. The number of alkyl halides is 2. The van der Waals surface area contributed by atoms with Crippen molar-refractivity contribution in [1.29, 1.82) is 0 Å². The molecular formula is C30H33F5O. The molecule has 6 heteroatoms. The van der Waals surface area contributed by atoms with Crippen LogP contribution in [0.5, 0.6) is 5.75 Å². The van der Waals surface area contributed by atoms with Crippen LogP contribution in [-0.4, -0.2) is 6.61 Å². The zero-order valence-electron chi connectivity index (χ0n) is 20.6.